The molecule has 0 heterocycles. The Hall–Kier alpha value is -0.470. The van der Waals surface area contributed by atoms with Crippen LogP contribution in [0.25, 0.3) is 0 Å². The van der Waals surface area contributed by atoms with Crippen LogP contribution in [0.2, 0.25) is 0 Å². The highest BCUT2D eigenvalue weighted by Gasteiger charge is 2.15. The first-order valence-corrected chi connectivity index (χ1v) is 6.47. The molecule has 2 heteroatoms. The third kappa shape index (κ3) is 3.26. The molecule has 2 N–H and O–H groups in total. The summed E-state index contributed by atoms with van der Waals surface area (Å²) in [4.78, 5) is 0. The average Bonchev–Trinajstić information content (AvgIpc) is 2.16. The molecular formula is C14H23NS. The second-order valence-electron chi connectivity index (χ2n) is 5.44. The zero-order valence-corrected chi connectivity index (χ0v) is 11.6. The van der Waals surface area contributed by atoms with Gasteiger partial charge in [-0.1, -0.05) is 39.0 Å². The van der Waals surface area contributed by atoms with E-state index in [0.717, 1.165) is 12.2 Å². The van der Waals surface area contributed by atoms with Crippen LogP contribution in [0.15, 0.2) is 18.2 Å². The summed E-state index contributed by atoms with van der Waals surface area (Å²) in [5.41, 5.74) is 10.2. The molecule has 0 radical (unpaired) electrons. The maximum Gasteiger partial charge on any atom is 0.0305 e. The van der Waals surface area contributed by atoms with E-state index in [2.05, 4.69) is 58.5 Å². The number of aryl methyl sites for hydroxylation is 1. The number of nitrogens with two attached hydrogens (primary N) is 1. The Labute approximate surface area is 105 Å². The lowest BCUT2D eigenvalue weighted by Crippen LogP contribution is -2.15. The van der Waals surface area contributed by atoms with E-state index in [0.29, 0.717) is 0 Å². The molecule has 1 aromatic rings. The topological polar surface area (TPSA) is 26.0 Å². The maximum absolute atomic E-state index is 6.12. The predicted octanol–water partition coefficient (Wildman–Crippen LogP) is 3.61. The molecule has 1 rings (SSSR count). The van der Waals surface area contributed by atoms with Crippen molar-refractivity contribution in [2.24, 2.45) is 5.73 Å². The van der Waals surface area contributed by atoms with E-state index in [4.69, 9.17) is 5.73 Å². The van der Waals surface area contributed by atoms with Gasteiger partial charge in [0, 0.05) is 6.04 Å². The first-order valence-electron chi connectivity index (χ1n) is 5.83. The van der Waals surface area contributed by atoms with E-state index in [1.54, 1.807) is 0 Å². The molecule has 0 spiro atoms. The first-order chi connectivity index (χ1) is 7.36. The molecule has 90 valence electrons. The van der Waals surface area contributed by atoms with Gasteiger partial charge in [0.2, 0.25) is 0 Å². The van der Waals surface area contributed by atoms with Gasteiger partial charge in [-0.05, 0) is 41.2 Å². The Balaban J connectivity index is 3.00. The van der Waals surface area contributed by atoms with Crippen LogP contribution in [-0.2, 0) is 5.41 Å². The molecule has 0 fully saturated rings. The molecule has 0 saturated carbocycles. The Kier molecular flexibility index (Phi) is 4.45. The lowest BCUT2D eigenvalue weighted by Gasteiger charge is -2.22. The van der Waals surface area contributed by atoms with Gasteiger partial charge in [0.15, 0.2) is 0 Å². The molecule has 1 unspecified atom stereocenters. The van der Waals surface area contributed by atoms with E-state index in [1.165, 1.54) is 16.7 Å². The monoisotopic (exact) mass is 237 g/mol. The van der Waals surface area contributed by atoms with Crippen molar-refractivity contribution < 1.29 is 0 Å². The highest BCUT2D eigenvalue weighted by Crippen LogP contribution is 2.27. The number of hydrogen-bond acceptors (Lipinski definition) is 2. The molecule has 1 nitrogen and oxygen atoms in total. The fourth-order valence-corrected chi connectivity index (χ4v) is 2.13. The van der Waals surface area contributed by atoms with Gasteiger partial charge in [-0.2, -0.15) is 12.6 Å². The van der Waals surface area contributed by atoms with Gasteiger partial charge in [0.05, 0.1) is 0 Å². The van der Waals surface area contributed by atoms with Crippen molar-refractivity contribution in [1.29, 1.82) is 0 Å². The highest BCUT2D eigenvalue weighted by atomic mass is 32.1. The molecule has 0 bridgehead atoms. The summed E-state index contributed by atoms with van der Waals surface area (Å²) in [6.45, 7) is 8.84. The second-order valence-corrected chi connectivity index (χ2v) is 5.89. The van der Waals surface area contributed by atoms with E-state index in [1.807, 2.05) is 0 Å². The maximum atomic E-state index is 6.12. The third-order valence-corrected chi connectivity index (χ3v) is 3.23. The summed E-state index contributed by atoms with van der Waals surface area (Å²) in [6, 6.07) is 6.74. The predicted molar refractivity (Wildman–Crippen MR) is 75.3 cm³/mol. The fourth-order valence-electron chi connectivity index (χ4n) is 1.85. The van der Waals surface area contributed by atoms with Gasteiger partial charge < -0.3 is 5.73 Å². The molecule has 1 atom stereocenters. The molecule has 0 aliphatic carbocycles. The van der Waals surface area contributed by atoms with Crippen LogP contribution in [0, 0.1) is 6.92 Å². The van der Waals surface area contributed by atoms with Gasteiger partial charge in [-0.15, -0.1) is 0 Å². The van der Waals surface area contributed by atoms with Gasteiger partial charge in [0.25, 0.3) is 0 Å². The minimum atomic E-state index is 0.117. The average molecular weight is 237 g/mol. The molecular weight excluding hydrogens is 214 g/mol. The van der Waals surface area contributed by atoms with Gasteiger partial charge in [-0.3, -0.25) is 0 Å². The summed E-state index contributed by atoms with van der Waals surface area (Å²) < 4.78 is 0. The summed E-state index contributed by atoms with van der Waals surface area (Å²) in [7, 11) is 0. The zero-order chi connectivity index (χ0) is 12.3. The third-order valence-electron chi connectivity index (χ3n) is 2.98. The van der Waals surface area contributed by atoms with E-state index in [-0.39, 0.29) is 11.5 Å². The fraction of sp³-hybridized carbons (Fsp3) is 0.571. The van der Waals surface area contributed by atoms with Crippen molar-refractivity contribution in [3.05, 3.63) is 34.9 Å². The van der Waals surface area contributed by atoms with Crippen molar-refractivity contribution in [3.63, 3.8) is 0 Å². The SMILES string of the molecule is Cc1cc(C(C)(C)C)ccc1C(N)CCS. The Morgan fingerprint density at radius 1 is 1.31 bits per heavy atom. The van der Waals surface area contributed by atoms with Crippen LogP contribution >= 0.6 is 12.6 Å². The van der Waals surface area contributed by atoms with Crippen molar-refractivity contribution in [2.75, 3.05) is 5.75 Å². The van der Waals surface area contributed by atoms with Crippen molar-refractivity contribution in [2.45, 2.75) is 45.6 Å². The number of rotatable bonds is 3. The molecule has 0 saturated heterocycles. The zero-order valence-electron chi connectivity index (χ0n) is 10.7. The Morgan fingerprint density at radius 3 is 2.38 bits per heavy atom. The number of hydrogen-bond donors (Lipinski definition) is 2. The highest BCUT2D eigenvalue weighted by molar-refractivity contribution is 7.80. The molecule has 0 aliphatic rings. The standard InChI is InChI=1S/C14H23NS/c1-10-9-11(14(2,3)4)5-6-12(10)13(15)7-8-16/h5-6,9,13,16H,7-8,15H2,1-4H3. The molecule has 16 heavy (non-hydrogen) atoms. The van der Waals surface area contributed by atoms with Gasteiger partial charge in [0.1, 0.15) is 0 Å². The number of benzene rings is 1. The van der Waals surface area contributed by atoms with Crippen LogP contribution in [0.4, 0.5) is 0 Å². The first kappa shape index (κ1) is 13.6. The molecule has 1 aromatic carbocycles. The van der Waals surface area contributed by atoms with Crippen LogP contribution < -0.4 is 5.73 Å². The largest absolute Gasteiger partial charge is 0.324 e. The minimum Gasteiger partial charge on any atom is -0.324 e. The van der Waals surface area contributed by atoms with Gasteiger partial charge in [-0.25, -0.2) is 0 Å². The van der Waals surface area contributed by atoms with Gasteiger partial charge >= 0.3 is 0 Å². The van der Waals surface area contributed by atoms with Crippen LogP contribution in [0.5, 0.6) is 0 Å². The molecule has 0 aromatic heterocycles. The van der Waals surface area contributed by atoms with Crippen LogP contribution in [0.1, 0.15) is 49.9 Å². The lowest BCUT2D eigenvalue weighted by atomic mass is 9.84. The molecule has 0 amide bonds. The van der Waals surface area contributed by atoms with Crippen molar-refractivity contribution in [1.82, 2.24) is 0 Å². The summed E-state index contributed by atoms with van der Waals surface area (Å²) in [6.07, 6.45) is 0.929. The van der Waals surface area contributed by atoms with Crippen LogP contribution in [0.3, 0.4) is 0 Å². The summed E-state index contributed by atoms with van der Waals surface area (Å²) in [5, 5.41) is 0. The molecule has 0 aliphatic heterocycles. The Morgan fingerprint density at radius 2 is 1.94 bits per heavy atom. The van der Waals surface area contributed by atoms with Crippen molar-refractivity contribution in [3.8, 4) is 0 Å². The van der Waals surface area contributed by atoms with E-state index in [9.17, 15) is 0 Å². The van der Waals surface area contributed by atoms with Crippen molar-refractivity contribution >= 4 is 12.6 Å². The quantitative estimate of drug-likeness (QED) is 0.772. The van der Waals surface area contributed by atoms with E-state index < -0.39 is 0 Å². The summed E-state index contributed by atoms with van der Waals surface area (Å²) in [5.74, 6) is 0.835. The second kappa shape index (κ2) is 5.24. The van der Waals surface area contributed by atoms with Crippen LogP contribution in [-0.4, -0.2) is 5.75 Å². The lowest BCUT2D eigenvalue weighted by molar-refractivity contribution is 0.588. The Bertz CT molecular complexity index is 352. The number of thiol groups is 1. The minimum absolute atomic E-state index is 0.117. The smallest absolute Gasteiger partial charge is 0.0305 e. The normalized spacial score (nSPS) is 13.9. The van der Waals surface area contributed by atoms with E-state index >= 15 is 0 Å². The summed E-state index contributed by atoms with van der Waals surface area (Å²) >= 11 is 4.23.